The van der Waals surface area contributed by atoms with Gasteiger partial charge in [-0.25, -0.2) is 4.39 Å². The van der Waals surface area contributed by atoms with Crippen LogP contribution in [0.1, 0.15) is 54.3 Å². The molecule has 0 bridgehead atoms. The highest BCUT2D eigenvalue weighted by Gasteiger charge is 2.28. The maximum atomic E-state index is 13.5. The van der Waals surface area contributed by atoms with Crippen molar-refractivity contribution in [3.8, 4) is 11.1 Å². The summed E-state index contributed by atoms with van der Waals surface area (Å²) in [6.07, 6.45) is 4.24. The Bertz CT molecular complexity index is 1180. The van der Waals surface area contributed by atoms with E-state index in [1.54, 1.807) is 12.1 Å². The van der Waals surface area contributed by atoms with E-state index in [0.29, 0.717) is 11.5 Å². The average Bonchev–Trinajstić information content (AvgIpc) is 3.24. The third-order valence-corrected chi connectivity index (χ3v) is 6.55. The zero-order valence-corrected chi connectivity index (χ0v) is 17.8. The van der Waals surface area contributed by atoms with E-state index in [2.05, 4.69) is 29.5 Å². The summed E-state index contributed by atoms with van der Waals surface area (Å²) in [5.74, 6) is 0.160. The fraction of sp³-hybridized carbons (Fsp3) is 0.296. The van der Waals surface area contributed by atoms with Crippen molar-refractivity contribution >= 4 is 23.2 Å². The van der Waals surface area contributed by atoms with Gasteiger partial charge in [-0.05, 0) is 92.2 Å². The number of anilines is 1. The Hall–Kier alpha value is -3.18. The molecule has 5 heteroatoms. The van der Waals surface area contributed by atoms with Crippen molar-refractivity contribution < 1.29 is 9.18 Å². The lowest BCUT2D eigenvalue weighted by Crippen LogP contribution is -2.27. The molecule has 3 aromatic rings. The Kier molecular flexibility index (Phi) is 6.02. The molecule has 0 unspecified atom stereocenters. The first kappa shape index (κ1) is 22.0. The van der Waals surface area contributed by atoms with Gasteiger partial charge in [-0.2, -0.15) is 0 Å². The molecule has 0 aliphatic carbocycles. The summed E-state index contributed by atoms with van der Waals surface area (Å²) in [6, 6.07) is 12.2. The van der Waals surface area contributed by atoms with Gasteiger partial charge in [0.15, 0.2) is 0 Å². The summed E-state index contributed by atoms with van der Waals surface area (Å²) in [4.78, 5) is 16.4. The van der Waals surface area contributed by atoms with E-state index in [1.807, 2.05) is 24.3 Å². The summed E-state index contributed by atoms with van der Waals surface area (Å²) in [5.41, 5.74) is 8.87. The molecule has 5 rings (SSSR count). The lowest BCUT2D eigenvalue weighted by Gasteiger charge is -2.23. The number of nitrogens with one attached hydrogen (secondary N) is 3. The molecule has 2 aromatic carbocycles. The summed E-state index contributed by atoms with van der Waals surface area (Å²) in [5, 5.41) is 6.42. The number of aromatic amines is 1. The molecule has 0 saturated carbocycles. The number of aromatic nitrogens is 1. The van der Waals surface area contributed by atoms with Crippen LogP contribution in [-0.2, 0) is 4.79 Å². The summed E-state index contributed by atoms with van der Waals surface area (Å²) in [7, 11) is 0. The second-order valence-corrected chi connectivity index (χ2v) is 8.47. The number of carbonyl (C=O) groups is 1. The fourth-order valence-corrected chi connectivity index (χ4v) is 5.06. The van der Waals surface area contributed by atoms with E-state index in [4.69, 9.17) is 0 Å². The fourth-order valence-electron chi connectivity index (χ4n) is 5.06. The van der Waals surface area contributed by atoms with Gasteiger partial charge >= 0.3 is 0 Å². The molecule has 0 spiro atoms. The minimum atomic E-state index is -0.274. The minimum Gasteiger partial charge on any atom is -0.359 e. The molecule has 166 valence electrons. The predicted octanol–water partition coefficient (Wildman–Crippen LogP) is 6.03. The Balaban J connectivity index is 0.00000245. The van der Waals surface area contributed by atoms with Gasteiger partial charge in [0.25, 0.3) is 5.91 Å². The Labute approximate surface area is 189 Å². The SMILES string of the molecule is C.Cc1[nH]c(/C=C2\C(=O)Nc3cccc(-c4ccc(F)cc4)c32)c(C)c1C1CCNCC1. The molecule has 0 radical (unpaired) electrons. The number of amides is 1. The molecule has 3 N–H and O–H groups in total. The first-order valence-electron chi connectivity index (χ1n) is 10.8. The first-order valence-corrected chi connectivity index (χ1v) is 10.8. The van der Waals surface area contributed by atoms with Crippen LogP contribution in [0.15, 0.2) is 42.5 Å². The molecule has 2 aliphatic rings. The van der Waals surface area contributed by atoms with Crippen molar-refractivity contribution in [2.45, 2.75) is 40.0 Å². The van der Waals surface area contributed by atoms with E-state index < -0.39 is 0 Å². The van der Waals surface area contributed by atoms with Crippen molar-refractivity contribution in [1.29, 1.82) is 0 Å². The highest BCUT2D eigenvalue weighted by molar-refractivity contribution is 6.36. The van der Waals surface area contributed by atoms with Gasteiger partial charge in [0.05, 0.1) is 5.57 Å². The molecule has 1 saturated heterocycles. The number of H-pyrrole nitrogens is 1. The molecule has 32 heavy (non-hydrogen) atoms. The molecular weight excluding hydrogens is 401 g/mol. The monoisotopic (exact) mass is 431 g/mol. The second kappa shape index (κ2) is 8.75. The van der Waals surface area contributed by atoms with E-state index >= 15 is 0 Å². The third kappa shape index (κ3) is 3.78. The molecule has 1 amide bonds. The van der Waals surface area contributed by atoms with Crippen molar-refractivity contribution in [2.24, 2.45) is 0 Å². The quantitative estimate of drug-likeness (QED) is 0.443. The van der Waals surface area contributed by atoms with Crippen LogP contribution < -0.4 is 10.6 Å². The Morgan fingerprint density at radius 2 is 1.75 bits per heavy atom. The number of hydrogen-bond acceptors (Lipinski definition) is 2. The maximum Gasteiger partial charge on any atom is 0.256 e. The number of hydrogen-bond donors (Lipinski definition) is 3. The largest absolute Gasteiger partial charge is 0.359 e. The standard InChI is InChI=1S/C26H26FN3O.CH4/c1-15-23(29-16(2)24(15)18-10-12-28-13-11-18)14-21-25-20(17-6-8-19(27)9-7-17)4-3-5-22(25)30-26(21)31;/h3-9,14,18,28-29H,10-13H2,1-2H3,(H,30,31);1H4/b21-14-;. The number of piperidine rings is 1. The van der Waals surface area contributed by atoms with Gasteiger partial charge in [-0.15, -0.1) is 0 Å². The van der Waals surface area contributed by atoms with Crippen molar-refractivity contribution in [1.82, 2.24) is 10.3 Å². The highest BCUT2D eigenvalue weighted by atomic mass is 19.1. The number of rotatable bonds is 3. The highest BCUT2D eigenvalue weighted by Crippen LogP contribution is 2.41. The number of benzene rings is 2. The lowest BCUT2D eigenvalue weighted by molar-refractivity contribution is -0.110. The number of aryl methyl sites for hydroxylation is 1. The van der Waals surface area contributed by atoms with Gasteiger partial charge in [-0.3, -0.25) is 4.79 Å². The van der Waals surface area contributed by atoms with Crippen molar-refractivity contribution in [2.75, 3.05) is 18.4 Å². The number of carbonyl (C=O) groups excluding carboxylic acids is 1. The van der Waals surface area contributed by atoms with Crippen LogP contribution in [0.5, 0.6) is 0 Å². The molecule has 2 aliphatic heterocycles. The molecule has 4 nitrogen and oxygen atoms in total. The van der Waals surface area contributed by atoms with Gasteiger partial charge < -0.3 is 15.6 Å². The molecule has 1 aromatic heterocycles. The molecule has 1 fully saturated rings. The van der Waals surface area contributed by atoms with E-state index in [-0.39, 0.29) is 19.2 Å². The van der Waals surface area contributed by atoms with E-state index in [9.17, 15) is 9.18 Å². The van der Waals surface area contributed by atoms with Crippen LogP contribution in [0, 0.1) is 19.7 Å². The van der Waals surface area contributed by atoms with Gasteiger partial charge in [-0.1, -0.05) is 31.7 Å². The molecular formula is C27H30FN3O. The normalized spacial score (nSPS) is 17.2. The van der Waals surface area contributed by atoms with Crippen LogP contribution in [0.25, 0.3) is 22.8 Å². The topological polar surface area (TPSA) is 56.9 Å². The lowest BCUT2D eigenvalue weighted by atomic mass is 9.87. The van der Waals surface area contributed by atoms with E-state index in [0.717, 1.165) is 54.0 Å². The van der Waals surface area contributed by atoms with Crippen molar-refractivity contribution in [3.63, 3.8) is 0 Å². The smallest absolute Gasteiger partial charge is 0.256 e. The molecule has 0 atom stereocenters. The second-order valence-electron chi connectivity index (χ2n) is 8.47. The van der Waals surface area contributed by atoms with Gasteiger partial charge in [0.2, 0.25) is 0 Å². The average molecular weight is 432 g/mol. The third-order valence-electron chi connectivity index (χ3n) is 6.55. The van der Waals surface area contributed by atoms with Crippen molar-refractivity contribution in [3.05, 3.63) is 76.4 Å². The van der Waals surface area contributed by atoms with Crippen LogP contribution in [-0.4, -0.2) is 24.0 Å². The Morgan fingerprint density at radius 3 is 2.47 bits per heavy atom. The summed E-state index contributed by atoms with van der Waals surface area (Å²) in [6.45, 7) is 6.36. The maximum absolute atomic E-state index is 13.5. The summed E-state index contributed by atoms with van der Waals surface area (Å²) < 4.78 is 13.5. The van der Waals surface area contributed by atoms with Crippen LogP contribution in [0.4, 0.5) is 10.1 Å². The number of fused-ring (bicyclic) bond motifs is 1. The first-order chi connectivity index (χ1) is 15.0. The van der Waals surface area contributed by atoms with Crippen LogP contribution in [0.3, 0.4) is 0 Å². The minimum absolute atomic E-state index is 0. The zero-order valence-electron chi connectivity index (χ0n) is 17.8. The van der Waals surface area contributed by atoms with Crippen LogP contribution >= 0.6 is 0 Å². The van der Waals surface area contributed by atoms with E-state index in [1.165, 1.54) is 29.0 Å². The summed E-state index contributed by atoms with van der Waals surface area (Å²) >= 11 is 0. The predicted molar refractivity (Wildman–Crippen MR) is 130 cm³/mol. The van der Waals surface area contributed by atoms with Gasteiger partial charge in [0.1, 0.15) is 5.82 Å². The molecule has 3 heterocycles. The zero-order chi connectivity index (χ0) is 21.5. The number of halogens is 1. The van der Waals surface area contributed by atoms with Crippen LogP contribution in [0.2, 0.25) is 0 Å². The van der Waals surface area contributed by atoms with Gasteiger partial charge in [0, 0.05) is 22.6 Å². The Morgan fingerprint density at radius 1 is 1.03 bits per heavy atom.